The van der Waals surface area contributed by atoms with Crippen LogP contribution in [0, 0.1) is 25.7 Å². The van der Waals surface area contributed by atoms with Crippen LogP contribution in [0.5, 0.6) is 0 Å². The zero-order valence-corrected chi connectivity index (χ0v) is 13.9. The molecule has 1 aliphatic carbocycles. The Balaban J connectivity index is 1.98. The molecule has 1 nitrogen and oxygen atoms in total. The Labute approximate surface area is 125 Å². The van der Waals surface area contributed by atoms with Gasteiger partial charge < -0.3 is 5.32 Å². The van der Waals surface area contributed by atoms with Crippen LogP contribution < -0.4 is 5.32 Å². The van der Waals surface area contributed by atoms with E-state index < -0.39 is 0 Å². The Hall–Kier alpha value is -0.820. The number of rotatable bonds is 4. The highest BCUT2D eigenvalue weighted by atomic mass is 14.9. The number of nitrogens with one attached hydrogen (secondary N) is 1. The van der Waals surface area contributed by atoms with E-state index in [4.69, 9.17) is 0 Å². The molecule has 1 fully saturated rings. The van der Waals surface area contributed by atoms with Crippen molar-refractivity contribution < 1.29 is 0 Å². The molecule has 1 aromatic carbocycles. The standard InChI is InChI=1S/C19H31N/c1-13(2)17-7-6-8-18(12-17)20-16(5)19-10-9-14(3)11-15(19)4/h9-11,13,16-18,20H,6-8,12H2,1-5H3. The van der Waals surface area contributed by atoms with Gasteiger partial charge in [-0.05, 0) is 56.6 Å². The van der Waals surface area contributed by atoms with Gasteiger partial charge in [0.15, 0.2) is 0 Å². The first-order valence-electron chi connectivity index (χ1n) is 8.30. The molecule has 20 heavy (non-hydrogen) atoms. The fourth-order valence-electron chi connectivity index (χ4n) is 3.74. The molecule has 0 saturated heterocycles. The molecule has 0 aromatic heterocycles. The maximum Gasteiger partial charge on any atom is 0.0296 e. The summed E-state index contributed by atoms with van der Waals surface area (Å²) in [5.74, 6) is 1.74. The third-order valence-corrected chi connectivity index (χ3v) is 5.04. The molecule has 3 atom stereocenters. The maximum atomic E-state index is 3.88. The van der Waals surface area contributed by atoms with Crippen LogP contribution in [0.3, 0.4) is 0 Å². The third kappa shape index (κ3) is 3.85. The van der Waals surface area contributed by atoms with Crippen LogP contribution in [0.4, 0.5) is 0 Å². The van der Waals surface area contributed by atoms with Crippen LogP contribution >= 0.6 is 0 Å². The van der Waals surface area contributed by atoms with Gasteiger partial charge >= 0.3 is 0 Å². The van der Waals surface area contributed by atoms with Gasteiger partial charge in [-0.25, -0.2) is 0 Å². The molecule has 1 N–H and O–H groups in total. The minimum atomic E-state index is 0.464. The number of benzene rings is 1. The first-order chi connectivity index (χ1) is 9.47. The molecule has 0 aliphatic heterocycles. The van der Waals surface area contributed by atoms with Crippen molar-refractivity contribution in [2.24, 2.45) is 11.8 Å². The molecule has 0 amide bonds. The highest BCUT2D eigenvalue weighted by Crippen LogP contribution is 2.31. The van der Waals surface area contributed by atoms with Gasteiger partial charge in [-0.2, -0.15) is 0 Å². The maximum absolute atomic E-state index is 3.88. The van der Waals surface area contributed by atoms with Gasteiger partial charge in [-0.1, -0.05) is 50.5 Å². The van der Waals surface area contributed by atoms with E-state index in [2.05, 4.69) is 58.1 Å². The Morgan fingerprint density at radius 2 is 1.85 bits per heavy atom. The van der Waals surface area contributed by atoms with E-state index in [0.717, 1.165) is 11.8 Å². The van der Waals surface area contributed by atoms with Crippen LogP contribution in [-0.4, -0.2) is 6.04 Å². The van der Waals surface area contributed by atoms with Gasteiger partial charge in [-0.3, -0.25) is 0 Å². The summed E-state index contributed by atoms with van der Waals surface area (Å²) in [7, 11) is 0. The van der Waals surface area contributed by atoms with Crippen LogP contribution in [0.2, 0.25) is 0 Å². The quantitative estimate of drug-likeness (QED) is 0.798. The van der Waals surface area contributed by atoms with Crippen molar-refractivity contribution in [2.45, 2.75) is 72.4 Å². The number of aryl methyl sites for hydroxylation is 2. The monoisotopic (exact) mass is 273 g/mol. The van der Waals surface area contributed by atoms with Crippen molar-refractivity contribution >= 4 is 0 Å². The molecule has 1 aromatic rings. The van der Waals surface area contributed by atoms with Gasteiger partial charge in [0.2, 0.25) is 0 Å². The van der Waals surface area contributed by atoms with Crippen molar-refractivity contribution in [2.75, 3.05) is 0 Å². The average Bonchev–Trinajstić information content (AvgIpc) is 2.38. The summed E-state index contributed by atoms with van der Waals surface area (Å²) in [6.45, 7) is 11.5. The zero-order chi connectivity index (χ0) is 14.7. The van der Waals surface area contributed by atoms with E-state index >= 15 is 0 Å². The number of hydrogen-bond acceptors (Lipinski definition) is 1. The summed E-state index contributed by atoms with van der Waals surface area (Å²) in [6.07, 6.45) is 5.51. The lowest BCUT2D eigenvalue weighted by molar-refractivity contribution is 0.222. The van der Waals surface area contributed by atoms with E-state index in [1.54, 1.807) is 0 Å². The van der Waals surface area contributed by atoms with E-state index in [1.165, 1.54) is 42.4 Å². The van der Waals surface area contributed by atoms with Crippen LogP contribution in [0.1, 0.15) is 69.2 Å². The molecule has 0 heterocycles. The van der Waals surface area contributed by atoms with Gasteiger partial charge in [0.05, 0.1) is 0 Å². The second-order valence-corrected chi connectivity index (χ2v) is 7.12. The molecule has 112 valence electrons. The van der Waals surface area contributed by atoms with Crippen molar-refractivity contribution in [3.05, 3.63) is 34.9 Å². The van der Waals surface area contributed by atoms with Crippen molar-refractivity contribution in [1.82, 2.24) is 5.32 Å². The molecule has 3 unspecified atom stereocenters. The highest BCUT2D eigenvalue weighted by molar-refractivity contribution is 5.32. The normalized spacial score (nSPS) is 24.9. The van der Waals surface area contributed by atoms with E-state index in [9.17, 15) is 0 Å². The zero-order valence-electron chi connectivity index (χ0n) is 13.9. The molecule has 1 heteroatoms. The van der Waals surface area contributed by atoms with Gasteiger partial charge in [0, 0.05) is 12.1 Å². The largest absolute Gasteiger partial charge is 0.307 e. The van der Waals surface area contributed by atoms with E-state index in [1.807, 2.05) is 0 Å². The van der Waals surface area contributed by atoms with Gasteiger partial charge in [0.25, 0.3) is 0 Å². The van der Waals surface area contributed by atoms with Crippen LogP contribution in [-0.2, 0) is 0 Å². The smallest absolute Gasteiger partial charge is 0.0296 e. The minimum Gasteiger partial charge on any atom is -0.307 e. The Bertz CT molecular complexity index is 435. The lowest BCUT2D eigenvalue weighted by Gasteiger charge is -2.34. The van der Waals surface area contributed by atoms with E-state index in [0.29, 0.717) is 12.1 Å². The summed E-state index contributed by atoms with van der Waals surface area (Å²) in [5, 5.41) is 3.88. The molecule has 1 saturated carbocycles. The fraction of sp³-hybridized carbons (Fsp3) is 0.684. The van der Waals surface area contributed by atoms with Crippen molar-refractivity contribution in [3.63, 3.8) is 0 Å². The predicted molar refractivity (Wildman–Crippen MR) is 88.1 cm³/mol. The lowest BCUT2D eigenvalue weighted by atomic mass is 9.79. The molecule has 0 bridgehead atoms. The third-order valence-electron chi connectivity index (χ3n) is 5.04. The molecule has 2 rings (SSSR count). The molecule has 1 aliphatic rings. The topological polar surface area (TPSA) is 12.0 Å². The van der Waals surface area contributed by atoms with E-state index in [-0.39, 0.29) is 0 Å². The Morgan fingerprint density at radius 1 is 1.10 bits per heavy atom. The first-order valence-corrected chi connectivity index (χ1v) is 8.30. The average molecular weight is 273 g/mol. The second kappa shape index (κ2) is 6.76. The fourth-order valence-corrected chi connectivity index (χ4v) is 3.74. The van der Waals surface area contributed by atoms with Crippen molar-refractivity contribution in [3.8, 4) is 0 Å². The van der Waals surface area contributed by atoms with Gasteiger partial charge in [0.1, 0.15) is 0 Å². The molecule has 0 radical (unpaired) electrons. The minimum absolute atomic E-state index is 0.464. The first kappa shape index (κ1) is 15.6. The summed E-state index contributed by atoms with van der Waals surface area (Å²) in [4.78, 5) is 0. The summed E-state index contributed by atoms with van der Waals surface area (Å²) < 4.78 is 0. The van der Waals surface area contributed by atoms with Crippen LogP contribution in [0.25, 0.3) is 0 Å². The summed E-state index contributed by atoms with van der Waals surface area (Å²) in [5.41, 5.74) is 4.24. The molecule has 0 spiro atoms. The van der Waals surface area contributed by atoms with Gasteiger partial charge in [-0.15, -0.1) is 0 Å². The Morgan fingerprint density at radius 3 is 2.50 bits per heavy atom. The molecular weight excluding hydrogens is 242 g/mol. The van der Waals surface area contributed by atoms with Crippen molar-refractivity contribution in [1.29, 1.82) is 0 Å². The number of hydrogen-bond donors (Lipinski definition) is 1. The highest BCUT2D eigenvalue weighted by Gasteiger charge is 2.25. The summed E-state index contributed by atoms with van der Waals surface area (Å²) >= 11 is 0. The lowest BCUT2D eigenvalue weighted by Crippen LogP contribution is -2.37. The SMILES string of the molecule is Cc1ccc(C(C)NC2CCCC(C(C)C)C2)c(C)c1. The predicted octanol–water partition coefficient (Wildman–Crippen LogP) is 5.17. The summed E-state index contributed by atoms with van der Waals surface area (Å²) in [6, 6.07) is 7.99. The molecular formula is C19H31N. The Kier molecular flexibility index (Phi) is 5.26. The van der Waals surface area contributed by atoms with Crippen LogP contribution in [0.15, 0.2) is 18.2 Å². The second-order valence-electron chi connectivity index (χ2n) is 7.12.